The topological polar surface area (TPSA) is 78.6 Å². The van der Waals surface area contributed by atoms with Crippen LogP contribution in [0.1, 0.15) is 6.92 Å². The van der Waals surface area contributed by atoms with Gasteiger partial charge in [0.2, 0.25) is 0 Å². The molecule has 16 heavy (non-hydrogen) atoms. The predicted octanol–water partition coefficient (Wildman–Crippen LogP) is 1.01. The summed E-state index contributed by atoms with van der Waals surface area (Å²) in [6, 6.07) is 5.84. The van der Waals surface area contributed by atoms with Crippen LogP contribution < -0.4 is 5.73 Å². The van der Waals surface area contributed by atoms with E-state index in [4.69, 9.17) is 14.7 Å². The molecule has 1 aromatic rings. The molecule has 2 N–H and O–H groups in total. The third-order valence-electron chi connectivity index (χ3n) is 1.86. The minimum absolute atomic E-state index is 0.0876. The number of anilines is 1. The maximum atomic E-state index is 11.7. The molecule has 0 aliphatic rings. The molecule has 6 heteroatoms. The van der Waals surface area contributed by atoms with Crippen molar-refractivity contribution in [3.8, 4) is 0 Å². The lowest BCUT2D eigenvalue weighted by Gasteiger charge is -2.11. The van der Waals surface area contributed by atoms with E-state index in [0.717, 1.165) is 0 Å². The van der Waals surface area contributed by atoms with Gasteiger partial charge in [-0.2, -0.15) is 8.42 Å². The lowest BCUT2D eigenvalue weighted by atomic mass is 10.3. The van der Waals surface area contributed by atoms with Crippen LogP contribution in [0.25, 0.3) is 0 Å². The van der Waals surface area contributed by atoms with E-state index < -0.39 is 16.2 Å². The molecule has 0 amide bonds. The van der Waals surface area contributed by atoms with Crippen molar-refractivity contribution < 1.29 is 17.3 Å². The lowest BCUT2D eigenvalue weighted by Crippen LogP contribution is -2.20. The van der Waals surface area contributed by atoms with Crippen LogP contribution in [0.2, 0.25) is 0 Å². The van der Waals surface area contributed by atoms with Crippen molar-refractivity contribution in [2.24, 2.45) is 0 Å². The number of ether oxygens (including phenoxy) is 1. The second-order valence-electron chi connectivity index (χ2n) is 3.39. The molecule has 0 spiro atoms. The van der Waals surface area contributed by atoms with Gasteiger partial charge >= 0.3 is 0 Å². The van der Waals surface area contributed by atoms with Crippen LogP contribution in [0.3, 0.4) is 0 Å². The van der Waals surface area contributed by atoms with Crippen LogP contribution in [0.15, 0.2) is 29.2 Å². The number of nitrogen functional groups attached to an aromatic ring is 1. The Balaban J connectivity index is 2.82. The summed E-state index contributed by atoms with van der Waals surface area (Å²) in [7, 11) is -2.25. The molecule has 0 unspecified atom stereocenters. The highest BCUT2D eigenvalue weighted by Gasteiger charge is 2.18. The number of nitrogens with two attached hydrogens (primary N) is 1. The Bertz CT molecular complexity index is 427. The fraction of sp³-hybridized carbons (Fsp3) is 0.400. The highest BCUT2D eigenvalue weighted by molar-refractivity contribution is 7.86. The number of hydrogen-bond donors (Lipinski definition) is 1. The summed E-state index contributed by atoms with van der Waals surface area (Å²) in [5, 5.41) is 0. The van der Waals surface area contributed by atoms with Crippen molar-refractivity contribution in [1.29, 1.82) is 0 Å². The first-order valence-corrected chi connectivity index (χ1v) is 6.14. The van der Waals surface area contributed by atoms with Gasteiger partial charge in [-0.15, -0.1) is 0 Å². The molecule has 5 nitrogen and oxygen atoms in total. The zero-order valence-electron chi connectivity index (χ0n) is 9.21. The van der Waals surface area contributed by atoms with Gasteiger partial charge in [0, 0.05) is 12.8 Å². The second kappa shape index (κ2) is 5.29. The normalized spacial score (nSPS) is 13.6. The van der Waals surface area contributed by atoms with Crippen LogP contribution >= 0.6 is 0 Å². The third kappa shape index (κ3) is 3.48. The van der Waals surface area contributed by atoms with Gasteiger partial charge < -0.3 is 10.5 Å². The van der Waals surface area contributed by atoms with Crippen LogP contribution in [-0.4, -0.2) is 28.2 Å². The molecule has 0 radical (unpaired) electrons. The van der Waals surface area contributed by atoms with Crippen LogP contribution in [-0.2, 0) is 19.0 Å². The van der Waals surface area contributed by atoms with Crippen molar-refractivity contribution in [1.82, 2.24) is 0 Å². The quantitative estimate of drug-likeness (QED) is 0.618. The zero-order valence-corrected chi connectivity index (χ0v) is 10.0. The molecule has 0 aliphatic heterocycles. The smallest absolute Gasteiger partial charge is 0.297 e. The van der Waals surface area contributed by atoms with Crippen LogP contribution in [0.5, 0.6) is 0 Å². The molecule has 0 bridgehead atoms. The standard InChI is InChI=1S/C10H15NO4S/c1-8(7-14-2)15-16(12,13)10-5-3-9(11)4-6-10/h3-6,8H,7,11H2,1-2H3/t8-/m1/s1. The monoisotopic (exact) mass is 245 g/mol. The maximum absolute atomic E-state index is 11.7. The van der Waals surface area contributed by atoms with Gasteiger partial charge in [0.1, 0.15) is 0 Å². The van der Waals surface area contributed by atoms with E-state index in [1.807, 2.05) is 0 Å². The second-order valence-corrected chi connectivity index (χ2v) is 4.96. The van der Waals surface area contributed by atoms with Crippen molar-refractivity contribution in [2.45, 2.75) is 17.9 Å². The summed E-state index contributed by atoms with van der Waals surface area (Å²) in [6.45, 7) is 1.84. The molecule has 1 aromatic carbocycles. The number of hydrogen-bond acceptors (Lipinski definition) is 5. The molecule has 0 saturated carbocycles. The molecule has 90 valence electrons. The van der Waals surface area contributed by atoms with Gasteiger partial charge in [-0.1, -0.05) is 0 Å². The van der Waals surface area contributed by atoms with Gasteiger partial charge in [0.25, 0.3) is 10.1 Å². The first kappa shape index (κ1) is 13.0. The fourth-order valence-corrected chi connectivity index (χ4v) is 2.24. The molecule has 0 heterocycles. The van der Waals surface area contributed by atoms with E-state index in [-0.39, 0.29) is 11.5 Å². The maximum Gasteiger partial charge on any atom is 0.297 e. The SMILES string of the molecule is COC[C@@H](C)OS(=O)(=O)c1ccc(N)cc1. The Morgan fingerprint density at radius 1 is 1.31 bits per heavy atom. The van der Waals surface area contributed by atoms with Crippen molar-refractivity contribution in [3.05, 3.63) is 24.3 Å². The van der Waals surface area contributed by atoms with Gasteiger partial charge in [-0.05, 0) is 31.2 Å². The summed E-state index contributed by atoms with van der Waals surface area (Å²) in [5.41, 5.74) is 5.97. The largest absolute Gasteiger partial charge is 0.399 e. The van der Waals surface area contributed by atoms with Crippen molar-refractivity contribution in [2.75, 3.05) is 19.5 Å². The third-order valence-corrected chi connectivity index (χ3v) is 3.29. The molecular formula is C10H15NO4S. The Kier molecular flexibility index (Phi) is 4.28. The van der Waals surface area contributed by atoms with Gasteiger partial charge in [-0.25, -0.2) is 0 Å². The summed E-state index contributed by atoms with van der Waals surface area (Å²) in [4.78, 5) is 0.0876. The number of methoxy groups -OCH3 is 1. The van der Waals surface area contributed by atoms with E-state index in [0.29, 0.717) is 5.69 Å². The first-order chi connectivity index (χ1) is 7.45. The number of benzene rings is 1. The molecule has 0 aliphatic carbocycles. The van der Waals surface area contributed by atoms with Crippen molar-refractivity contribution >= 4 is 15.8 Å². The minimum atomic E-state index is -3.73. The Morgan fingerprint density at radius 2 is 1.88 bits per heavy atom. The molecule has 1 atom stereocenters. The summed E-state index contributed by atoms with van der Waals surface area (Å²) < 4.78 is 33.1. The Labute approximate surface area is 95.3 Å². The molecule has 0 fully saturated rings. The highest BCUT2D eigenvalue weighted by Crippen LogP contribution is 2.15. The molecular weight excluding hydrogens is 230 g/mol. The lowest BCUT2D eigenvalue weighted by molar-refractivity contribution is 0.0962. The zero-order chi connectivity index (χ0) is 12.2. The van der Waals surface area contributed by atoms with Gasteiger partial charge in [0.05, 0.1) is 17.6 Å². The Hall–Kier alpha value is -1.11. The van der Waals surface area contributed by atoms with E-state index in [1.165, 1.54) is 31.4 Å². The summed E-state index contributed by atoms with van der Waals surface area (Å²) in [6.07, 6.45) is -0.521. The molecule has 0 saturated heterocycles. The summed E-state index contributed by atoms with van der Waals surface area (Å²) >= 11 is 0. The van der Waals surface area contributed by atoms with Crippen LogP contribution in [0.4, 0.5) is 5.69 Å². The van der Waals surface area contributed by atoms with Crippen molar-refractivity contribution in [3.63, 3.8) is 0 Å². The van der Waals surface area contributed by atoms with E-state index >= 15 is 0 Å². The minimum Gasteiger partial charge on any atom is -0.399 e. The predicted molar refractivity (Wildman–Crippen MR) is 60.5 cm³/mol. The summed E-state index contributed by atoms with van der Waals surface area (Å²) in [5.74, 6) is 0. The Morgan fingerprint density at radius 3 is 2.38 bits per heavy atom. The average molecular weight is 245 g/mol. The average Bonchev–Trinajstić information content (AvgIpc) is 2.17. The molecule has 0 aromatic heterocycles. The van der Waals surface area contributed by atoms with E-state index in [9.17, 15) is 8.42 Å². The van der Waals surface area contributed by atoms with Crippen LogP contribution in [0, 0.1) is 0 Å². The highest BCUT2D eigenvalue weighted by atomic mass is 32.2. The van der Waals surface area contributed by atoms with E-state index in [2.05, 4.69) is 0 Å². The fourth-order valence-electron chi connectivity index (χ4n) is 1.17. The van der Waals surface area contributed by atoms with E-state index in [1.54, 1.807) is 6.92 Å². The molecule has 1 rings (SSSR count). The first-order valence-electron chi connectivity index (χ1n) is 4.73. The number of rotatable bonds is 5. The van der Waals surface area contributed by atoms with Gasteiger partial charge in [0.15, 0.2) is 0 Å². The van der Waals surface area contributed by atoms with Gasteiger partial charge in [-0.3, -0.25) is 4.18 Å².